The molecular weight excluding hydrogens is 352 g/mol. The first-order valence-electron chi connectivity index (χ1n) is 8.89. The first kappa shape index (κ1) is 17.3. The zero-order valence-corrected chi connectivity index (χ0v) is 14.8. The van der Waals surface area contributed by atoms with Crippen molar-refractivity contribution in [3.05, 3.63) is 29.6 Å². The van der Waals surface area contributed by atoms with E-state index in [1.165, 1.54) is 0 Å². The van der Waals surface area contributed by atoms with Gasteiger partial charge in [0.25, 0.3) is 5.91 Å². The number of carbonyl (C=O) groups excluding carboxylic acids is 1. The number of rotatable bonds is 4. The molecule has 2 aliphatic rings. The van der Waals surface area contributed by atoms with E-state index < -0.39 is 11.9 Å². The van der Waals surface area contributed by atoms with Crippen LogP contribution in [0.3, 0.4) is 0 Å². The van der Waals surface area contributed by atoms with E-state index in [0.717, 1.165) is 5.69 Å². The normalized spacial score (nSPS) is 21.1. The predicted octanol–water partition coefficient (Wildman–Crippen LogP) is 1.33. The minimum Gasteiger partial charge on any atom is -0.486 e. The molecule has 2 atom stereocenters. The molecule has 9 heteroatoms. The molecular formula is C18H20N4O5. The van der Waals surface area contributed by atoms with E-state index in [4.69, 9.17) is 14.6 Å². The van der Waals surface area contributed by atoms with Crippen LogP contribution in [0.25, 0.3) is 5.69 Å². The summed E-state index contributed by atoms with van der Waals surface area (Å²) in [6, 6.07) is 5.27. The van der Waals surface area contributed by atoms with Crippen molar-refractivity contribution in [1.82, 2.24) is 20.3 Å². The third kappa shape index (κ3) is 3.32. The van der Waals surface area contributed by atoms with Crippen LogP contribution in [0.4, 0.5) is 0 Å². The highest BCUT2D eigenvalue weighted by Crippen LogP contribution is 2.32. The third-order valence-electron chi connectivity index (χ3n) is 5.00. The van der Waals surface area contributed by atoms with Crippen molar-refractivity contribution in [2.24, 2.45) is 5.92 Å². The summed E-state index contributed by atoms with van der Waals surface area (Å²) in [5, 5.41) is 20.1. The predicted molar refractivity (Wildman–Crippen MR) is 93.3 cm³/mol. The minimum absolute atomic E-state index is 0.155. The fraction of sp³-hybridized carbons (Fsp3) is 0.444. The third-order valence-corrected chi connectivity index (χ3v) is 5.00. The van der Waals surface area contributed by atoms with E-state index in [-0.39, 0.29) is 17.6 Å². The number of carbonyl (C=O) groups is 2. The number of aliphatic carboxylic acids is 1. The number of benzene rings is 1. The summed E-state index contributed by atoms with van der Waals surface area (Å²) in [6.45, 7) is 2.77. The molecule has 142 valence electrons. The zero-order chi connectivity index (χ0) is 19.0. The smallest absolute Gasteiger partial charge is 0.306 e. The number of fused-ring (bicyclic) bond motifs is 1. The topological polar surface area (TPSA) is 116 Å². The average molecular weight is 372 g/mol. The maximum atomic E-state index is 12.6. The number of hydrogen-bond acceptors (Lipinski definition) is 6. The number of carboxylic acids is 1. The van der Waals surface area contributed by atoms with Gasteiger partial charge in [-0.3, -0.25) is 9.59 Å². The zero-order valence-electron chi connectivity index (χ0n) is 14.8. The largest absolute Gasteiger partial charge is 0.486 e. The van der Waals surface area contributed by atoms with Crippen molar-refractivity contribution in [3.8, 4) is 17.2 Å². The fourth-order valence-electron chi connectivity index (χ4n) is 3.54. The lowest BCUT2D eigenvalue weighted by Gasteiger charge is -2.18. The molecule has 0 radical (unpaired) electrons. The molecule has 27 heavy (non-hydrogen) atoms. The number of nitrogens with zero attached hydrogens (tertiary/aromatic N) is 3. The quantitative estimate of drug-likeness (QED) is 0.832. The molecule has 2 N–H and O–H groups in total. The summed E-state index contributed by atoms with van der Waals surface area (Å²) >= 11 is 0. The Bertz CT molecular complexity index is 894. The standard InChI is InChI=1S/C18H20N4O5/c1-10-16(17(23)19-12-3-2-11(8-12)18(24)25)20-21-22(10)13-4-5-14-15(9-13)27-7-6-26-14/h4-5,9,11-12H,2-3,6-8H2,1H3,(H,19,23)(H,24,25)/t11-,12+/m1/s1. The molecule has 1 aromatic heterocycles. The summed E-state index contributed by atoms with van der Waals surface area (Å²) in [5.74, 6) is -0.245. The molecule has 4 rings (SSSR count). The molecule has 1 aliphatic carbocycles. The van der Waals surface area contributed by atoms with Crippen molar-refractivity contribution in [3.63, 3.8) is 0 Å². The Morgan fingerprint density at radius 2 is 2.00 bits per heavy atom. The first-order valence-corrected chi connectivity index (χ1v) is 8.89. The Morgan fingerprint density at radius 1 is 1.22 bits per heavy atom. The Kier molecular flexibility index (Phi) is 4.43. The van der Waals surface area contributed by atoms with Crippen LogP contribution >= 0.6 is 0 Å². The molecule has 2 heterocycles. The van der Waals surface area contributed by atoms with Gasteiger partial charge in [0.05, 0.1) is 17.3 Å². The number of amides is 1. The van der Waals surface area contributed by atoms with Gasteiger partial charge in [-0.05, 0) is 38.3 Å². The molecule has 1 amide bonds. The van der Waals surface area contributed by atoms with Gasteiger partial charge in [-0.15, -0.1) is 5.10 Å². The summed E-state index contributed by atoms with van der Waals surface area (Å²) in [4.78, 5) is 23.6. The van der Waals surface area contributed by atoms with Gasteiger partial charge in [0.1, 0.15) is 13.2 Å². The van der Waals surface area contributed by atoms with Crippen LogP contribution in [0.5, 0.6) is 11.5 Å². The van der Waals surface area contributed by atoms with Crippen LogP contribution in [-0.2, 0) is 4.79 Å². The van der Waals surface area contributed by atoms with Crippen LogP contribution in [0, 0.1) is 12.8 Å². The molecule has 1 aromatic carbocycles. The lowest BCUT2D eigenvalue weighted by atomic mass is 10.1. The molecule has 9 nitrogen and oxygen atoms in total. The van der Waals surface area contributed by atoms with Crippen molar-refractivity contribution in [1.29, 1.82) is 0 Å². The summed E-state index contributed by atoms with van der Waals surface area (Å²) in [6.07, 6.45) is 1.66. The lowest BCUT2D eigenvalue weighted by molar-refractivity contribution is -0.141. The Balaban J connectivity index is 1.50. The number of carboxylic acid groups (broad SMARTS) is 1. The van der Waals surface area contributed by atoms with Crippen molar-refractivity contribution < 1.29 is 24.2 Å². The van der Waals surface area contributed by atoms with Crippen molar-refractivity contribution in [2.45, 2.75) is 32.2 Å². The highest BCUT2D eigenvalue weighted by molar-refractivity contribution is 5.93. The Morgan fingerprint density at radius 3 is 2.74 bits per heavy atom. The first-order chi connectivity index (χ1) is 13.0. The van der Waals surface area contributed by atoms with Gasteiger partial charge >= 0.3 is 5.97 Å². The SMILES string of the molecule is Cc1c(C(=O)N[C@H]2CC[C@@H](C(=O)O)C2)nnn1-c1ccc2c(c1)OCCO2. The summed E-state index contributed by atoms with van der Waals surface area (Å²) in [7, 11) is 0. The number of hydrogen-bond donors (Lipinski definition) is 2. The van der Waals surface area contributed by atoms with Crippen molar-refractivity contribution in [2.75, 3.05) is 13.2 Å². The van der Waals surface area contributed by atoms with Crippen LogP contribution in [-0.4, -0.2) is 51.2 Å². The Hall–Kier alpha value is -3.10. The van der Waals surface area contributed by atoms with E-state index in [1.807, 2.05) is 6.07 Å². The van der Waals surface area contributed by atoms with Crippen LogP contribution in [0.15, 0.2) is 18.2 Å². The van der Waals surface area contributed by atoms with E-state index in [0.29, 0.717) is 49.7 Å². The molecule has 2 aromatic rings. The van der Waals surface area contributed by atoms with Gasteiger partial charge in [-0.25, -0.2) is 4.68 Å². The van der Waals surface area contributed by atoms with E-state index in [9.17, 15) is 9.59 Å². The molecule has 0 bridgehead atoms. The molecule has 0 spiro atoms. The maximum Gasteiger partial charge on any atom is 0.306 e. The highest BCUT2D eigenvalue weighted by atomic mass is 16.6. The number of aromatic nitrogens is 3. The average Bonchev–Trinajstić information content (AvgIpc) is 3.28. The highest BCUT2D eigenvalue weighted by Gasteiger charge is 2.31. The second-order valence-corrected chi connectivity index (χ2v) is 6.78. The number of ether oxygens (including phenoxy) is 2. The molecule has 0 saturated heterocycles. The van der Waals surface area contributed by atoms with E-state index >= 15 is 0 Å². The fourth-order valence-corrected chi connectivity index (χ4v) is 3.54. The van der Waals surface area contributed by atoms with Crippen LogP contribution in [0.1, 0.15) is 35.4 Å². The summed E-state index contributed by atoms with van der Waals surface area (Å²) in [5.41, 5.74) is 1.54. The lowest BCUT2D eigenvalue weighted by Crippen LogP contribution is -2.34. The van der Waals surface area contributed by atoms with Gasteiger partial charge in [-0.2, -0.15) is 0 Å². The Labute approximate surface area is 155 Å². The van der Waals surface area contributed by atoms with Crippen LogP contribution in [0.2, 0.25) is 0 Å². The van der Waals surface area contributed by atoms with Crippen LogP contribution < -0.4 is 14.8 Å². The molecule has 1 fully saturated rings. The molecule has 1 aliphatic heterocycles. The van der Waals surface area contributed by atoms with Crippen molar-refractivity contribution >= 4 is 11.9 Å². The van der Waals surface area contributed by atoms with Gasteiger partial charge in [0.2, 0.25) is 0 Å². The molecule has 0 unspecified atom stereocenters. The summed E-state index contributed by atoms with van der Waals surface area (Å²) < 4.78 is 12.7. The second kappa shape index (κ2) is 6.90. The monoisotopic (exact) mass is 372 g/mol. The minimum atomic E-state index is -0.813. The van der Waals surface area contributed by atoms with E-state index in [1.54, 1.807) is 23.7 Å². The second-order valence-electron chi connectivity index (χ2n) is 6.78. The number of nitrogens with one attached hydrogen (secondary N) is 1. The van der Waals surface area contributed by atoms with Gasteiger partial charge in [0.15, 0.2) is 17.2 Å². The molecule has 1 saturated carbocycles. The van der Waals surface area contributed by atoms with E-state index in [2.05, 4.69) is 15.6 Å². The van der Waals surface area contributed by atoms with Gasteiger partial charge in [0, 0.05) is 12.1 Å². The van der Waals surface area contributed by atoms with Gasteiger partial charge in [-0.1, -0.05) is 5.21 Å². The maximum absolute atomic E-state index is 12.6. The van der Waals surface area contributed by atoms with Gasteiger partial charge < -0.3 is 19.9 Å².